The number of carbonyl (C=O) groups is 1. The zero-order valence-corrected chi connectivity index (χ0v) is 9.95. The van der Waals surface area contributed by atoms with E-state index in [1.807, 2.05) is 4.90 Å². The van der Waals surface area contributed by atoms with Gasteiger partial charge in [0.15, 0.2) is 0 Å². The van der Waals surface area contributed by atoms with Gasteiger partial charge in [-0.05, 0) is 25.7 Å². The molecule has 4 heteroatoms. The lowest BCUT2D eigenvalue weighted by Crippen LogP contribution is -2.49. The van der Waals surface area contributed by atoms with Crippen LogP contribution in [-0.2, 0) is 0 Å². The van der Waals surface area contributed by atoms with Crippen LogP contribution in [0.25, 0.3) is 0 Å². The molecule has 1 saturated heterocycles. The summed E-state index contributed by atoms with van der Waals surface area (Å²) in [4.78, 5) is 14.0. The van der Waals surface area contributed by atoms with Crippen molar-refractivity contribution in [2.24, 2.45) is 5.73 Å². The quantitative estimate of drug-likeness (QED) is 0.747. The van der Waals surface area contributed by atoms with Crippen molar-refractivity contribution in [2.45, 2.75) is 57.0 Å². The summed E-state index contributed by atoms with van der Waals surface area (Å²) in [5.41, 5.74) is 5.67. The predicted molar refractivity (Wildman–Crippen MR) is 64.2 cm³/mol. The molecule has 1 atom stereocenters. The number of hydrogen-bond donors (Lipinski definition) is 2. The Morgan fingerprint density at radius 3 is 2.62 bits per heavy atom. The molecule has 0 bridgehead atoms. The number of hydrogen-bond acceptors (Lipinski definition) is 2. The van der Waals surface area contributed by atoms with Crippen LogP contribution in [0.3, 0.4) is 0 Å². The molecule has 4 nitrogen and oxygen atoms in total. The average molecular weight is 225 g/mol. The van der Waals surface area contributed by atoms with E-state index < -0.39 is 0 Å². The Morgan fingerprint density at radius 2 is 1.94 bits per heavy atom. The van der Waals surface area contributed by atoms with Crippen molar-refractivity contribution in [1.29, 1.82) is 0 Å². The third-order valence-electron chi connectivity index (χ3n) is 3.84. The molecule has 1 unspecified atom stereocenters. The SMILES string of the molecule is NCC1CCCN1C(=O)NC1CCCCC1. The predicted octanol–water partition coefficient (Wildman–Crippen LogP) is 1.45. The van der Waals surface area contributed by atoms with Crippen LogP contribution in [0.2, 0.25) is 0 Å². The van der Waals surface area contributed by atoms with E-state index in [0.717, 1.165) is 32.2 Å². The van der Waals surface area contributed by atoms with Crippen molar-refractivity contribution in [3.63, 3.8) is 0 Å². The Kier molecular flexibility index (Phi) is 4.04. The van der Waals surface area contributed by atoms with Crippen molar-refractivity contribution in [1.82, 2.24) is 10.2 Å². The second-order valence-electron chi connectivity index (χ2n) is 5.01. The number of nitrogens with two attached hydrogens (primary N) is 1. The van der Waals surface area contributed by atoms with Crippen molar-refractivity contribution in [3.8, 4) is 0 Å². The summed E-state index contributed by atoms with van der Waals surface area (Å²) in [5.74, 6) is 0. The highest BCUT2D eigenvalue weighted by Gasteiger charge is 2.28. The van der Waals surface area contributed by atoms with E-state index in [1.54, 1.807) is 0 Å². The number of nitrogens with zero attached hydrogens (tertiary/aromatic N) is 1. The minimum absolute atomic E-state index is 0.111. The monoisotopic (exact) mass is 225 g/mol. The van der Waals surface area contributed by atoms with Gasteiger partial charge in [0.2, 0.25) is 0 Å². The lowest BCUT2D eigenvalue weighted by molar-refractivity contribution is 0.186. The van der Waals surface area contributed by atoms with Gasteiger partial charge in [0, 0.05) is 25.2 Å². The first kappa shape index (κ1) is 11.7. The molecule has 2 rings (SSSR count). The van der Waals surface area contributed by atoms with Crippen LogP contribution in [0.4, 0.5) is 4.79 Å². The van der Waals surface area contributed by atoms with Crippen molar-refractivity contribution >= 4 is 6.03 Å². The molecule has 2 fully saturated rings. The lowest BCUT2D eigenvalue weighted by Gasteiger charge is -2.28. The van der Waals surface area contributed by atoms with Gasteiger partial charge in [-0.1, -0.05) is 19.3 Å². The number of rotatable bonds is 2. The summed E-state index contributed by atoms with van der Waals surface area (Å²) < 4.78 is 0. The normalized spacial score (nSPS) is 27.1. The first-order chi connectivity index (χ1) is 7.81. The Hall–Kier alpha value is -0.770. The highest BCUT2D eigenvalue weighted by Crippen LogP contribution is 2.20. The molecule has 2 aliphatic rings. The van der Waals surface area contributed by atoms with Gasteiger partial charge in [-0.2, -0.15) is 0 Å². The summed E-state index contributed by atoms with van der Waals surface area (Å²) in [6.45, 7) is 1.47. The molecule has 16 heavy (non-hydrogen) atoms. The van der Waals surface area contributed by atoms with E-state index in [0.29, 0.717) is 12.6 Å². The summed E-state index contributed by atoms with van der Waals surface area (Å²) in [7, 11) is 0. The number of amides is 2. The highest BCUT2D eigenvalue weighted by molar-refractivity contribution is 5.75. The average Bonchev–Trinajstić information content (AvgIpc) is 2.78. The molecule has 92 valence electrons. The van der Waals surface area contributed by atoms with Gasteiger partial charge in [-0.25, -0.2) is 4.79 Å². The fraction of sp³-hybridized carbons (Fsp3) is 0.917. The third kappa shape index (κ3) is 2.67. The van der Waals surface area contributed by atoms with Gasteiger partial charge in [0.05, 0.1) is 0 Å². The van der Waals surface area contributed by atoms with Crippen molar-refractivity contribution in [3.05, 3.63) is 0 Å². The Balaban J connectivity index is 1.82. The molecule has 0 radical (unpaired) electrons. The maximum Gasteiger partial charge on any atom is 0.317 e. The Morgan fingerprint density at radius 1 is 1.19 bits per heavy atom. The van der Waals surface area contributed by atoms with Crippen LogP contribution in [0.1, 0.15) is 44.9 Å². The van der Waals surface area contributed by atoms with Crippen molar-refractivity contribution < 1.29 is 4.79 Å². The number of carbonyl (C=O) groups excluding carboxylic acids is 1. The topological polar surface area (TPSA) is 58.4 Å². The minimum Gasteiger partial charge on any atom is -0.335 e. The lowest BCUT2D eigenvalue weighted by atomic mass is 9.96. The highest BCUT2D eigenvalue weighted by atomic mass is 16.2. The summed E-state index contributed by atoms with van der Waals surface area (Å²) in [6.07, 6.45) is 8.28. The van der Waals surface area contributed by atoms with E-state index in [2.05, 4.69) is 5.32 Å². The summed E-state index contributed by atoms with van der Waals surface area (Å²) in [6, 6.07) is 0.781. The standard InChI is InChI=1S/C12H23N3O/c13-9-11-7-4-8-15(11)12(16)14-10-5-2-1-3-6-10/h10-11H,1-9,13H2,(H,14,16). The molecule has 0 aromatic heterocycles. The second kappa shape index (κ2) is 5.53. The van der Waals surface area contributed by atoms with Gasteiger partial charge >= 0.3 is 6.03 Å². The zero-order chi connectivity index (χ0) is 11.4. The molecule has 0 spiro atoms. The van der Waals surface area contributed by atoms with E-state index in [1.165, 1.54) is 19.3 Å². The molecule has 1 heterocycles. The summed E-state index contributed by atoms with van der Waals surface area (Å²) in [5, 5.41) is 3.16. The van der Waals surface area contributed by atoms with E-state index in [4.69, 9.17) is 5.73 Å². The van der Waals surface area contributed by atoms with Crippen LogP contribution in [-0.4, -0.2) is 36.1 Å². The zero-order valence-electron chi connectivity index (χ0n) is 9.95. The molecule has 0 aromatic carbocycles. The smallest absolute Gasteiger partial charge is 0.317 e. The first-order valence-electron chi connectivity index (χ1n) is 6.58. The maximum absolute atomic E-state index is 12.0. The van der Waals surface area contributed by atoms with E-state index in [-0.39, 0.29) is 12.1 Å². The van der Waals surface area contributed by atoms with Gasteiger partial charge in [0.25, 0.3) is 0 Å². The number of urea groups is 1. The van der Waals surface area contributed by atoms with Crippen LogP contribution < -0.4 is 11.1 Å². The molecule has 2 amide bonds. The maximum atomic E-state index is 12.0. The van der Waals surface area contributed by atoms with Gasteiger partial charge in [-0.15, -0.1) is 0 Å². The largest absolute Gasteiger partial charge is 0.335 e. The Labute approximate surface area is 97.6 Å². The molecular formula is C12H23N3O. The molecular weight excluding hydrogens is 202 g/mol. The van der Waals surface area contributed by atoms with E-state index in [9.17, 15) is 4.79 Å². The fourth-order valence-electron chi connectivity index (χ4n) is 2.85. The molecule has 1 saturated carbocycles. The number of nitrogens with one attached hydrogen (secondary N) is 1. The Bertz CT molecular complexity index is 238. The first-order valence-corrected chi connectivity index (χ1v) is 6.58. The van der Waals surface area contributed by atoms with Gasteiger partial charge < -0.3 is 16.0 Å². The summed E-state index contributed by atoms with van der Waals surface area (Å²) >= 11 is 0. The van der Waals surface area contributed by atoms with Crippen LogP contribution >= 0.6 is 0 Å². The fourth-order valence-corrected chi connectivity index (χ4v) is 2.85. The minimum atomic E-state index is 0.111. The van der Waals surface area contributed by atoms with Gasteiger partial charge in [-0.3, -0.25) is 0 Å². The van der Waals surface area contributed by atoms with Crippen LogP contribution in [0.15, 0.2) is 0 Å². The molecule has 1 aliphatic carbocycles. The molecule has 0 aromatic rings. The molecule has 1 aliphatic heterocycles. The van der Waals surface area contributed by atoms with Gasteiger partial charge in [0.1, 0.15) is 0 Å². The van der Waals surface area contributed by atoms with E-state index >= 15 is 0 Å². The third-order valence-corrected chi connectivity index (χ3v) is 3.84. The molecule has 3 N–H and O–H groups in total. The van der Waals surface area contributed by atoms with Crippen LogP contribution in [0.5, 0.6) is 0 Å². The number of likely N-dealkylation sites (tertiary alicyclic amines) is 1. The second-order valence-corrected chi connectivity index (χ2v) is 5.01. The van der Waals surface area contributed by atoms with Crippen molar-refractivity contribution in [2.75, 3.05) is 13.1 Å². The van der Waals surface area contributed by atoms with Crippen LogP contribution in [0, 0.1) is 0 Å².